The van der Waals surface area contributed by atoms with E-state index >= 15 is 0 Å². The standard InChI is InChI=1S/C23H23F2N5O3S/c1-23(2,34(32,33)18-10-14(24)9-15(25)11-18)19-12-20(26)30-21(29-19)13-3-5-16(6-4-13)27-22(31)28-17-7-8-17/h3-6,9-12,17H,7-8H2,1-2H3,(H2,26,29,30)(H2,27,28,31). The van der Waals surface area contributed by atoms with Gasteiger partial charge in [0.25, 0.3) is 0 Å². The average molecular weight is 488 g/mol. The third-order valence-electron chi connectivity index (χ3n) is 5.49. The highest BCUT2D eigenvalue weighted by Gasteiger charge is 2.40. The number of nitrogens with zero attached hydrogens (tertiary/aromatic N) is 2. The van der Waals surface area contributed by atoms with E-state index in [1.165, 1.54) is 19.9 Å². The smallest absolute Gasteiger partial charge is 0.319 e. The molecule has 0 atom stereocenters. The minimum atomic E-state index is -4.26. The van der Waals surface area contributed by atoms with Crippen LogP contribution in [-0.2, 0) is 14.6 Å². The van der Waals surface area contributed by atoms with Crippen LogP contribution in [0.3, 0.4) is 0 Å². The van der Waals surface area contributed by atoms with Crippen LogP contribution in [0, 0.1) is 11.6 Å². The molecule has 3 aromatic rings. The minimum absolute atomic E-state index is 0.0275. The van der Waals surface area contributed by atoms with E-state index in [9.17, 15) is 22.0 Å². The first-order valence-corrected chi connectivity index (χ1v) is 12.0. The van der Waals surface area contributed by atoms with Crippen molar-refractivity contribution < 1.29 is 22.0 Å². The van der Waals surface area contributed by atoms with Gasteiger partial charge < -0.3 is 16.4 Å². The number of urea groups is 1. The number of benzene rings is 2. The highest BCUT2D eigenvalue weighted by Crippen LogP contribution is 2.36. The SMILES string of the molecule is CC(C)(c1cc(N)nc(-c2ccc(NC(=O)NC3CC3)cc2)n1)S(=O)(=O)c1cc(F)cc(F)c1. The number of anilines is 2. The van der Waals surface area contributed by atoms with E-state index in [1.54, 1.807) is 24.3 Å². The van der Waals surface area contributed by atoms with Gasteiger partial charge in [-0.15, -0.1) is 0 Å². The second kappa shape index (κ2) is 8.64. The second-order valence-electron chi connectivity index (χ2n) is 8.57. The van der Waals surface area contributed by atoms with E-state index in [0.29, 0.717) is 17.3 Å². The third kappa shape index (κ3) is 4.84. The molecule has 1 aliphatic rings. The summed E-state index contributed by atoms with van der Waals surface area (Å²) in [6.07, 6.45) is 1.95. The molecule has 0 bridgehead atoms. The molecule has 4 N–H and O–H groups in total. The molecule has 0 saturated heterocycles. The Bertz CT molecular complexity index is 1340. The Kier molecular flexibility index (Phi) is 5.98. The number of aromatic nitrogens is 2. The normalized spacial score (nSPS) is 14.0. The molecule has 1 saturated carbocycles. The predicted octanol–water partition coefficient (Wildman–Crippen LogP) is 4.00. The number of hydrogen-bond donors (Lipinski definition) is 3. The highest BCUT2D eigenvalue weighted by atomic mass is 32.2. The molecule has 11 heteroatoms. The first-order chi connectivity index (χ1) is 16.0. The van der Waals surface area contributed by atoms with E-state index in [4.69, 9.17) is 5.73 Å². The van der Waals surface area contributed by atoms with Gasteiger partial charge >= 0.3 is 6.03 Å². The molecule has 178 valence electrons. The summed E-state index contributed by atoms with van der Waals surface area (Å²) in [5.41, 5.74) is 7.09. The molecule has 1 aliphatic carbocycles. The van der Waals surface area contributed by atoms with Crippen molar-refractivity contribution in [1.82, 2.24) is 15.3 Å². The number of hydrogen-bond acceptors (Lipinski definition) is 6. The Morgan fingerprint density at radius 1 is 1.03 bits per heavy atom. The van der Waals surface area contributed by atoms with Crippen molar-refractivity contribution in [3.63, 3.8) is 0 Å². The van der Waals surface area contributed by atoms with Gasteiger partial charge in [-0.3, -0.25) is 0 Å². The molecule has 34 heavy (non-hydrogen) atoms. The fourth-order valence-electron chi connectivity index (χ4n) is 3.30. The Balaban J connectivity index is 1.64. The first-order valence-electron chi connectivity index (χ1n) is 10.5. The molecule has 8 nitrogen and oxygen atoms in total. The first kappa shape index (κ1) is 23.6. The maximum absolute atomic E-state index is 13.7. The van der Waals surface area contributed by atoms with Crippen molar-refractivity contribution in [3.8, 4) is 11.4 Å². The molecule has 2 aromatic carbocycles. The summed E-state index contributed by atoms with van der Waals surface area (Å²) < 4.78 is 52.2. The predicted molar refractivity (Wildman–Crippen MR) is 124 cm³/mol. The van der Waals surface area contributed by atoms with Gasteiger partial charge in [-0.05, 0) is 63.1 Å². The summed E-state index contributed by atoms with van der Waals surface area (Å²) >= 11 is 0. The zero-order chi connectivity index (χ0) is 24.7. The largest absolute Gasteiger partial charge is 0.384 e. The maximum atomic E-state index is 13.7. The Hall–Kier alpha value is -3.60. The van der Waals surface area contributed by atoms with Gasteiger partial charge in [-0.25, -0.2) is 32.0 Å². The van der Waals surface area contributed by atoms with E-state index < -0.39 is 31.1 Å². The number of sulfone groups is 1. The molecule has 1 heterocycles. The number of nitrogens with two attached hydrogens (primary N) is 1. The quantitative estimate of drug-likeness (QED) is 0.482. The minimum Gasteiger partial charge on any atom is -0.384 e. The molecule has 0 radical (unpaired) electrons. The van der Waals surface area contributed by atoms with Crippen LogP contribution in [0.4, 0.5) is 25.1 Å². The molecule has 0 aliphatic heterocycles. The monoisotopic (exact) mass is 487 g/mol. The second-order valence-corrected chi connectivity index (χ2v) is 11.1. The zero-order valence-electron chi connectivity index (χ0n) is 18.5. The summed E-state index contributed by atoms with van der Waals surface area (Å²) in [6, 6.07) is 10.0. The molecular weight excluding hydrogens is 464 g/mol. The number of nitrogen functional groups attached to an aromatic ring is 1. The fraction of sp³-hybridized carbons (Fsp3) is 0.261. The van der Waals surface area contributed by atoms with Crippen molar-refractivity contribution in [2.45, 2.75) is 42.4 Å². The number of carbonyl (C=O) groups excluding carboxylic acids is 1. The molecule has 4 rings (SSSR count). The maximum Gasteiger partial charge on any atom is 0.319 e. The lowest BCUT2D eigenvalue weighted by atomic mass is 10.1. The molecule has 1 aromatic heterocycles. The summed E-state index contributed by atoms with van der Waals surface area (Å²) in [7, 11) is -4.26. The van der Waals surface area contributed by atoms with E-state index in [2.05, 4.69) is 20.6 Å². The van der Waals surface area contributed by atoms with Crippen LogP contribution in [0.25, 0.3) is 11.4 Å². The lowest BCUT2D eigenvalue weighted by molar-refractivity contribution is 0.251. The zero-order valence-corrected chi connectivity index (χ0v) is 19.3. The van der Waals surface area contributed by atoms with Crippen LogP contribution in [-0.4, -0.2) is 30.5 Å². The highest BCUT2D eigenvalue weighted by molar-refractivity contribution is 7.92. The summed E-state index contributed by atoms with van der Waals surface area (Å²) in [5, 5.41) is 5.55. The van der Waals surface area contributed by atoms with Gasteiger partial charge in [0.05, 0.1) is 10.6 Å². The van der Waals surface area contributed by atoms with Crippen LogP contribution in [0.15, 0.2) is 53.4 Å². The number of nitrogens with one attached hydrogen (secondary N) is 2. The number of amides is 2. The Morgan fingerprint density at radius 2 is 1.65 bits per heavy atom. The van der Waals surface area contributed by atoms with Gasteiger partial charge in [-0.1, -0.05) is 0 Å². The molecule has 0 spiro atoms. The van der Waals surface area contributed by atoms with Crippen LogP contribution in [0.5, 0.6) is 0 Å². The lowest BCUT2D eigenvalue weighted by Crippen LogP contribution is -2.31. The van der Waals surface area contributed by atoms with Gasteiger partial charge in [-0.2, -0.15) is 0 Å². The summed E-state index contributed by atoms with van der Waals surface area (Å²) in [6.45, 7) is 2.75. The molecular formula is C23H23F2N5O3S. The van der Waals surface area contributed by atoms with Crippen molar-refractivity contribution in [1.29, 1.82) is 0 Å². The molecule has 2 amide bonds. The average Bonchev–Trinajstić information content (AvgIpc) is 3.56. The van der Waals surface area contributed by atoms with Gasteiger partial charge in [0, 0.05) is 29.4 Å². The Morgan fingerprint density at radius 3 is 2.24 bits per heavy atom. The van der Waals surface area contributed by atoms with Crippen molar-refractivity contribution >= 4 is 27.4 Å². The van der Waals surface area contributed by atoms with Crippen molar-refractivity contribution in [2.24, 2.45) is 0 Å². The fourth-order valence-corrected chi connectivity index (χ4v) is 4.81. The molecule has 0 unspecified atom stereocenters. The topological polar surface area (TPSA) is 127 Å². The van der Waals surface area contributed by atoms with Crippen LogP contribution in [0.1, 0.15) is 32.4 Å². The van der Waals surface area contributed by atoms with Crippen molar-refractivity contribution in [2.75, 3.05) is 11.1 Å². The Labute approximate surface area is 195 Å². The lowest BCUT2D eigenvalue weighted by Gasteiger charge is -2.25. The summed E-state index contributed by atoms with van der Waals surface area (Å²) in [4.78, 5) is 20.0. The van der Waals surface area contributed by atoms with E-state index in [-0.39, 0.29) is 29.4 Å². The number of carbonyl (C=O) groups is 1. The molecule has 1 fully saturated rings. The number of halogens is 2. The van der Waals surface area contributed by atoms with Crippen molar-refractivity contribution in [3.05, 3.63) is 65.9 Å². The van der Waals surface area contributed by atoms with Gasteiger partial charge in [0.15, 0.2) is 15.7 Å². The third-order valence-corrected chi connectivity index (χ3v) is 7.90. The van der Waals surface area contributed by atoms with Gasteiger partial charge in [0.1, 0.15) is 22.2 Å². The van der Waals surface area contributed by atoms with E-state index in [1.807, 2.05) is 0 Å². The number of rotatable bonds is 6. The van der Waals surface area contributed by atoms with Crippen LogP contribution in [0.2, 0.25) is 0 Å². The van der Waals surface area contributed by atoms with Crippen LogP contribution < -0.4 is 16.4 Å². The van der Waals surface area contributed by atoms with Gasteiger partial charge in [0.2, 0.25) is 0 Å². The summed E-state index contributed by atoms with van der Waals surface area (Å²) in [5.74, 6) is -1.81. The van der Waals surface area contributed by atoms with E-state index in [0.717, 1.165) is 25.0 Å². The van der Waals surface area contributed by atoms with Crippen LogP contribution >= 0.6 is 0 Å².